The first kappa shape index (κ1) is 13.6. The van der Waals surface area contributed by atoms with Crippen molar-refractivity contribution in [1.82, 2.24) is 9.78 Å². The second kappa shape index (κ2) is 6.36. The summed E-state index contributed by atoms with van der Waals surface area (Å²) in [6, 6.07) is 2.16. The molecule has 18 heavy (non-hydrogen) atoms. The van der Waals surface area contributed by atoms with Gasteiger partial charge in [0.15, 0.2) is 0 Å². The van der Waals surface area contributed by atoms with Crippen LogP contribution in [0.1, 0.15) is 9.75 Å². The van der Waals surface area contributed by atoms with Gasteiger partial charge in [0.25, 0.3) is 0 Å². The van der Waals surface area contributed by atoms with Crippen molar-refractivity contribution in [2.24, 2.45) is 0 Å². The van der Waals surface area contributed by atoms with Gasteiger partial charge in [0, 0.05) is 34.1 Å². The van der Waals surface area contributed by atoms with Crippen LogP contribution in [0.25, 0.3) is 0 Å². The van der Waals surface area contributed by atoms with E-state index in [0.717, 1.165) is 18.8 Å². The summed E-state index contributed by atoms with van der Waals surface area (Å²) >= 11 is 5.32. The highest BCUT2D eigenvalue weighted by molar-refractivity contribution is 9.10. The number of thiophene rings is 1. The summed E-state index contributed by atoms with van der Waals surface area (Å²) in [4.78, 5) is 2.62. The SMILES string of the molecule is COCCn1cc(NCc2cc(Br)c(C)s2)cn1. The summed E-state index contributed by atoms with van der Waals surface area (Å²) in [6.07, 6.45) is 3.83. The normalized spacial score (nSPS) is 10.8. The Morgan fingerprint density at radius 2 is 2.39 bits per heavy atom. The Morgan fingerprint density at radius 1 is 1.56 bits per heavy atom. The zero-order chi connectivity index (χ0) is 13.0. The van der Waals surface area contributed by atoms with Crippen molar-refractivity contribution in [2.45, 2.75) is 20.0 Å². The van der Waals surface area contributed by atoms with E-state index < -0.39 is 0 Å². The molecule has 0 spiro atoms. The number of aromatic nitrogens is 2. The highest BCUT2D eigenvalue weighted by Gasteiger charge is 2.03. The maximum atomic E-state index is 5.02. The van der Waals surface area contributed by atoms with Gasteiger partial charge < -0.3 is 10.1 Å². The van der Waals surface area contributed by atoms with Gasteiger partial charge in [-0.05, 0) is 28.9 Å². The van der Waals surface area contributed by atoms with E-state index in [1.807, 2.05) is 17.1 Å². The van der Waals surface area contributed by atoms with Crippen molar-refractivity contribution in [1.29, 1.82) is 0 Å². The predicted molar refractivity (Wildman–Crippen MR) is 78.2 cm³/mol. The zero-order valence-corrected chi connectivity index (χ0v) is 12.8. The third kappa shape index (κ3) is 3.57. The first-order chi connectivity index (χ1) is 8.69. The molecule has 6 heteroatoms. The summed E-state index contributed by atoms with van der Waals surface area (Å²) in [7, 11) is 1.69. The summed E-state index contributed by atoms with van der Waals surface area (Å²) < 4.78 is 8.07. The fourth-order valence-electron chi connectivity index (χ4n) is 1.56. The van der Waals surface area contributed by atoms with E-state index in [9.17, 15) is 0 Å². The number of rotatable bonds is 6. The fourth-order valence-corrected chi connectivity index (χ4v) is 3.10. The predicted octanol–water partition coefficient (Wildman–Crippen LogP) is 3.27. The number of methoxy groups -OCH3 is 1. The Morgan fingerprint density at radius 3 is 3.06 bits per heavy atom. The van der Waals surface area contributed by atoms with Crippen LogP contribution < -0.4 is 5.32 Å². The first-order valence-corrected chi connectivity index (χ1v) is 7.30. The van der Waals surface area contributed by atoms with Crippen LogP contribution in [0.3, 0.4) is 0 Å². The molecule has 0 aliphatic carbocycles. The number of anilines is 1. The van der Waals surface area contributed by atoms with E-state index in [1.54, 1.807) is 18.4 Å². The van der Waals surface area contributed by atoms with Crippen molar-refractivity contribution in [3.8, 4) is 0 Å². The van der Waals surface area contributed by atoms with Crippen molar-refractivity contribution in [2.75, 3.05) is 19.0 Å². The lowest BCUT2D eigenvalue weighted by atomic mass is 10.4. The number of ether oxygens (including phenoxy) is 1. The van der Waals surface area contributed by atoms with Gasteiger partial charge in [-0.1, -0.05) is 0 Å². The molecular formula is C12H16BrN3OS. The molecule has 0 saturated heterocycles. The fraction of sp³-hybridized carbons (Fsp3) is 0.417. The van der Waals surface area contributed by atoms with Crippen LogP contribution in [0.15, 0.2) is 22.9 Å². The quantitative estimate of drug-likeness (QED) is 0.883. The second-order valence-corrected chi connectivity index (χ2v) is 6.15. The van der Waals surface area contributed by atoms with E-state index in [0.29, 0.717) is 6.61 Å². The van der Waals surface area contributed by atoms with Gasteiger partial charge in [0.2, 0.25) is 0 Å². The Hall–Kier alpha value is -0.850. The van der Waals surface area contributed by atoms with Gasteiger partial charge in [-0.15, -0.1) is 11.3 Å². The molecule has 4 nitrogen and oxygen atoms in total. The molecule has 0 amide bonds. The molecule has 0 bridgehead atoms. The van der Waals surface area contributed by atoms with Crippen LogP contribution in [-0.4, -0.2) is 23.5 Å². The van der Waals surface area contributed by atoms with Crippen molar-refractivity contribution in [3.05, 3.63) is 32.7 Å². The molecule has 0 radical (unpaired) electrons. The molecule has 2 aromatic heterocycles. The summed E-state index contributed by atoms with van der Waals surface area (Å²) in [6.45, 7) is 4.40. The molecule has 2 aromatic rings. The largest absolute Gasteiger partial charge is 0.383 e. The highest BCUT2D eigenvalue weighted by atomic mass is 79.9. The molecular weight excluding hydrogens is 314 g/mol. The highest BCUT2D eigenvalue weighted by Crippen LogP contribution is 2.26. The van der Waals surface area contributed by atoms with Crippen LogP contribution in [0.4, 0.5) is 5.69 Å². The molecule has 0 aliphatic heterocycles. The minimum absolute atomic E-state index is 0.679. The summed E-state index contributed by atoms with van der Waals surface area (Å²) in [5, 5.41) is 7.62. The first-order valence-electron chi connectivity index (χ1n) is 5.69. The van der Waals surface area contributed by atoms with Gasteiger partial charge >= 0.3 is 0 Å². The van der Waals surface area contributed by atoms with Crippen LogP contribution in [-0.2, 0) is 17.8 Å². The molecule has 98 valence electrons. The Balaban J connectivity index is 1.88. The smallest absolute Gasteiger partial charge is 0.0729 e. The lowest BCUT2D eigenvalue weighted by Crippen LogP contribution is -2.04. The molecule has 0 atom stereocenters. The third-order valence-corrected chi connectivity index (χ3v) is 4.67. The summed E-state index contributed by atoms with van der Waals surface area (Å²) in [5.74, 6) is 0. The van der Waals surface area contributed by atoms with E-state index in [1.165, 1.54) is 14.2 Å². The number of hydrogen-bond donors (Lipinski definition) is 1. The molecule has 0 aliphatic rings. The lowest BCUT2D eigenvalue weighted by molar-refractivity contribution is 0.183. The lowest BCUT2D eigenvalue weighted by Gasteiger charge is -2.01. The minimum Gasteiger partial charge on any atom is -0.383 e. The Bertz CT molecular complexity index is 490. The molecule has 2 heterocycles. The van der Waals surface area contributed by atoms with Gasteiger partial charge in [-0.3, -0.25) is 4.68 Å². The topological polar surface area (TPSA) is 39.1 Å². The molecule has 0 fully saturated rings. The van der Waals surface area contributed by atoms with Gasteiger partial charge in [0.1, 0.15) is 0 Å². The standard InChI is InChI=1S/C12H16BrN3OS/c1-9-12(13)5-11(18-9)7-14-10-6-15-16(8-10)3-4-17-2/h5-6,8,14H,3-4,7H2,1-2H3. The average molecular weight is 330 g/mol. The van der Waals surface area contributed by atoms with Crippen LogP contribution in [0.5, 0.6) is 0 Å². The minimum atomic E-state index is 0.679. The van der Waals surface area contributed by atoms with Crippen LogP contribution in [0, 0.1) is 6.92 Å². The van der Waals surface area contributed by atoms with Crippen LogP contribution >= 0.6 is 27.3 Å². The maximum Gasteiger partial charge on any atom is 0.0729 e. The number of nitrogens with zero attached hydrogens (tertiary/aromatic N) is 2. The van der Waals surface area contributed by atoms with Gasteiger partial charge in [0.05, 0.1) is 25.0 Å². The second-order valence-electron chi connectivity index (χ2n) is 3.96. The van der Waals surface area contributed by atoms with Crippen molar-refractivity contribution >= 4 is 33.0 Å². The van der Waals surface area contributed by atoms with E-state index >= 15 is 0 Å². The van der Waals surface area contributed by atoms with E-state index in [2.05, 4.69) is 39.3 Å². The molecule has 0 unspecified atom stereocenters. The van der Waals surface area contributed by atoms with Gasteiger partial charge in [-0.25, -0.2) is 0 Å². The Labute approximate surface area is 119 Å². The zero-order valence-electron chi connectivity index (χ0n) is 10.4. The molecule has 0 saturated carbocycles. The number of halogens is 1. The molecule has 1 N–H and O–H groups in total. The van der Waals surface area contributed by atoms with Crippen molar-refractivity contribution in [3.63, 3.8) is 0 Å². The molecule has 2 rings (SSSR count). The molecule has 0 aromatic carbocycles. The number of nitrogens with one attached hydrogen (secondary N) is 1. The van der Waals surface area contributed by atoms with Crippen LogP contribution in [0.2, 0.25) is 0 Å². The number of aryl methyl sites for hydroxylation is 1. The monoisotopic (exact) mass is 329 g/mol. The third-order valence-electron chi connectivity index (χ3n) is 2.53. The van der Waals surface area contributed by atoms with Crippen molar-refractivity contribution < 1.29 is 4.74 Å². The summed E-state index contributed by atoms with van der Waals surface area (Å²) in [5.41, 5.74) is 1.04. The maximum absolute atomic E-state index is 5.02. The number of hydrogen-bond acceptors (Lipinski definition) is 4. The van der Waals surface area contributed by atoms with Gasteiger partial charge in [-0.2, -0.15) is 5.10 Å². The van der Waals surface area contributed by atoms with E-state index in [-0.39, 0.29) is 0 Å². The van der Waals surface area contributed by atoms with E-state index in [4.69, 9.17) is 4.74 Å². The average Bonchev–Trinajstić information content (AvgIpc) is 2.92. The Kier molecular flexibility index (Phi) is 4.79.